The summed E-state index contributed by atoms with van der Waals surface area (Å²) in [6, 6.07) is 17.5. The van der Waals surface area contributed by atoms with Gasteiger partial charge in [-0.15, -0.1) is 0 Å². The van der Waals surface area contributed by atoms with E-state index >= 15 is 0 Å². The number of benzene rings is 4. The number of methoxy groups -OCH3 is 2. The third-order valence-electron chi connectivity index (χ3n) is 5.04. The van der Waals surface area contributed by atoms with E-state index in [-0.39, 0.29) is 0 Å². The first-order valence-electron chi connectivity index (χ1n) is 7.82. The Morgan fingerprint density at radius 2 is 1.13 bits per heavy atom. The van der Waals surface area contributed by atoms with Gasteiger partial charge < -0.3 is 9.47 Å². The van der Waals surface area contributed by atoms with Crippen LogP contribution in [0.4, 0.5) is 0 Å². The summed E-state index contributed by atoms with van der Waals surface area (Å²) in [4.78, 5) is 0. The Balaban J connectivity index is 2.12. The van der Waals surface area contributed by atoms with E-state index in [1.54, 1.807) is 14.2 Å². The van der Waals surface area contributed by atoms with Gasteiger partial charge in [-0.2, -0.15) is 0 Å². The van der Waals surface area contributed by atoms with Gasteiger partial charge in [0.2, 0.25) is 0 Å². The lowest BCUT2D eigenvalue weighted by molar-refractivity contribution is 0.356. The summed E-state index contributed by atoms with van der Waals surface area (Å²) in [6.45, 7) is 0. The van der Waals surface area contributed by atoms with Crippen LogP contribution in [0.2, 0.25) is 0 Å². The molecule has 0 spiro atoms. The van der Waals surface area contributed by atoms with E-state index in [4.69, 9.17) is 9.47 Å². The molecule has 0 bridgehead atoms. The maximum Gasteiger partial charge on any atom is 0.161 e. The van der Waals surface area contributed by atoms with Gasteiger partial charge in [-0.3, -0.25) is 0 Å². The third-order valence-corrected chi connectivity index (χ3v) is 5.04. The van der Waals surface area contributed by atoms with Crippen molar-refractivity contribution in [1.82, 2.24) is 0 Å². The molecule has 0 unspecified atom stereocenters. The molecule has 0 aliphatic heterocycles. The van der Waals surface area contributed by atoms with Gasteiger partial charge in [-0.25, -0.2) is 0 Å². The highest BCUT2D eigenvalue weighted by Crippen LogP contribution is 2.45. The molecular weight excluding hydrogens is 284 g/mol. The third kappa shape index (κ3) is 1.53. The van der Waals surface area contributed by atoms with E-state index in [1.165, 1.54) is 43.4 Å². The molecule has 5 rings (SSSR count). The summed E-state index contributed by atoms with van der Waals surface area (Å²) in [5.74, 6) is 1.56. The summed E-state index contributed by atoms with van der Waals surface area (Å²) in [6.07, 6.45) is 1.02. The van der Waals surface area contributed by atoms with Crippen molar-refractivity contribution in [2.45, 2.75) is 6.42 Å². The fourth-order valence-electron chi connectivity index (χ4n) is 4.06. The molecule has 0 heterocycles. The molecule has 0 N–H and O–H groups in total. The molecule has 4 aromatic carbocycles. The Labute approximate surface area is 134 Å². The Kier molecular flexibility index (Phi) is 2.44. The zero-order valence-electron chi connectivity index (χ0n) is 13.1. The van der Waals surface area contributed by atoms with Crippen molar-refractivity contribution in [2.75, 3.05) is 14.2 Å². The molecule has 23 heavy (non-hydrogen) atoms. The first-order chi connectivity index (χ1) is 11.3. The van der Waals surface area contributed by atoms with Gasteiger partial charge >= 0.3 is 0 Å². The normalized spacial score (nSPS) is 12.6. The minimum atomic E-state index is 0.779. The lowest BCUT2D eigenvalue weighted by atomic mass is 9.94. The lowest BCUT2D eigenvalue weighted by Crippen LogP contribution is -1.91. The number of ether oxygens (including phenoxy) is 2. The summed E-state index contributed by atoms with van der Waals surface area (Å²) < 4.78 is 11.0. The van der Waals surface area contributed by atoms with Crippen molar-refractivity contribution in [3.63, 3.8) is 0 Å². The molecule has 0 saturated carbocycles. The molecule has 0 atom stereocenters. The fourth-order valence-corrected chi connectivity index (χ4v) is 4.06. The predicted molar refractivity (Wildman–Crippen MR) is 94.9 cm³/mol. The van der Waals surface area contributed by atoms with Crippen molar-refractivity contribution in [1.29, 1.82) is 0 Å². The molecule has 0 amide bonds. The Bertz CT molecular complexity index is 1020. The number of hydrogen-bond donors (Lipinski definition) is 0. The van der Waals surface area contributed by atoms with Crippen LogP contribution in [0.15, 0.2) is 48.5 Å². The molecule has 1 aliphatic rings. The van der Waals surface area contributed by atoms with Crippen LogP contribution in [0.3, 0.4) is 0 Å². The lowest BCUT2D eigenvalue weighted by Gasteiger charge is -2.13. The number of fused-ring (bicyclic) bond motifs is 3. The van der Waals surface area contributed by atoms with Crippen LogP contribution in [-0.2, 0) is 6.42 Å². The average Bonchev–Trinajstić information content (AvgIpc) is 2.99. The second kappa shape index (κ2) is 4.39. The van der Waals surface area contributed by atoms with E-state index in [0.717, 1.165) is 17.9 Å². The smallest absolute Gasteiger partial charge is 0.161 e. The SMILES string of the molecule is COc1cc2c(cc1OC)c1cccc3c1c1c(cccc21)C3. The molecule has 112 valence electrons. The van der Waals surface area contributed by atoms with Gasteiger partial charge in [0.1, 0.15) is 0 Å². The average molecular weight is 300 g/mol. The first kappa shape index (κ1) is 12.8. The highest BCUT2D eigenvalue weighted by Gasteiger charge is 2.20. The van der Waals surface area contributed by atoms with E-state index in [1.807, 2.05) is 0 Å². The van der Waals surface area contributed by atoms with Crippen LogP contribution in [0.25, 0.3) is 32.3 Å². The van der Waals surface area contributed by atoms with Gasteiger partial charge in [0.25, 0.3) is 0 Å². The van der Waals surface area contributed by atoms with Crippen LogP contribution in [-0.4, -0.2) is 14.2 Å². The second-order valence-corrected chi connectivity index (χ2v) is 6.11. The molecule has 1 aliphatic carbocycles. The van der Waals surface area contributed by atoms with E-state index in [0.29, 0.717) is 0 Å². The highest BCUT2D eigenvalue weighted by molar-refractivity contribution is 6.28. The van der Waals surface area contributed by atoms with Crippen LogP contribution in [0.1, 0.15) is 11.1 Å². The first-order valence-corrected chi connectivity index (χ1v) is 7.82. The largest absolute Gasteiger partial charge is 0.493 e. The summed E-state index contributed by atoms with van der Waals surface area (Å²) in [7, 11) is 3.38. The van der Waals surface area contributed by atoms with Crippen molar-refractivity contribution >= 4 is 32.3 Å². The second-order valence-electron chi connectivity index (χ2n) is 6.11. The quantitative estimate of drug-likeness (QED) is 0.424. The van der Waals surface area contributed by atoms with Crippen molar-refractivity contribution in [2.24, 2.45) is 0 Å². The highest BCUT2D eigenvalue weighted by atomic mass is 16.5. The molecular formula is C21H16O2. The minimum absolute atomic E-state index is 0.779. The molecule has 4 aromatic rings. The Hall–Kier alpha value is -2.74. The van der Waals surface area contributed by atoms with Gasteiger partial charge in [-0.1, -0.05) is 36.4 Å². The van der Waals surface area contributed by atoms with Gasteiger partial charge in [-0.05, 0) is 62.0 Å². The maximum absolute atomic E-state index is 5.52. The van der Waals surface area contributed by atoms with Gasteiger partial charge in [0.15, 0.2) is 11.5 Å². The van der Waals surface area contributed by atoms with Gasteiger partial charge in [0, 0.05) is 0 Å². The summed E-state index contributed by atoms with van der Waals surface area (Å²) in [5, 5.41) is 7.86. The van der Waals surface area contributed by atoms with E-state index in [9.17, 15) is 0 Å². The van der Waals surface area contributed by atoms with Crippen molar-refractivity contribution in [3.8, 4) is 11.5 Å². The molecule has 0 radical (unpaired) electrons. The summed E-state index contributed by atoms with van der Waals surface area (Å²) >= 11 is 0. The molecule has 0 aromatic heterocycles. The summed E-state index contributed by atoms with van der Waals surface area (Å²) in [5.41, 5.74) is 2.84. The van der Waals surface area contributed by atoms with Crippen molar-refractivity contribution in [3.05, 3.63) is 59.7 Å². The minimum Gasteiger partial charge on any atom is -0.493 e. The predicted octanol–water partition coefficient (Wildman–Crippen LogP) is 5.07. The fraction of sp³-hybridized carbons (Fsp3) is 0.143. The van der Waals surface area contributed by atoms with Gasteiger partial charge in [0.05, 0.1) is 14.2 Å². The number of hydrogen-bond acceptors (Lipinski definition) is 2. The molecule has 0 fully saturated rings. The van der Waals surface area contributed by atoms with E-state index < -0.39 is 0 Å². The Morgan fingerprint density at radius 3 is 1.57 bits per heavy atom. The zero-order chi connectivity index (χ0) is 15.6. The van der Waals surface area contributed by atoms with Crippen molar-refractivity contribution < 1.29 is 9.47 Å². The molecule has 2 heteroatoms. The number of rotatable bonds is 2. The zero-order valence-corrected chi connectivity index (χ0v) is 13.1. The van der Waals surface area contributed by atoms with Crippen LogP contribution in [0.5, 0.6) is 11.5 Å². The van der Waals surface area contributed by atoms with Crippen LogP contribution >= 0.6 is 0 Å². The van der Waals surface area contributed by atoms with Crippen LogP contribution < -0.4 is 9.47 Å². The van der Waals surface area contributed by atoms with E-state index in [2.05, 4.69) is 48.5 Å². The standard InChI is InChI=1S/C21H16O2/c1-22-18-10-16-14-7-3-5-12-9-13-6-4-8-15(21(13)20(12)14)17(16)11-19(18)23-2/h3-8,10-11H,9H2,1-2H3. The molecule has 2 nitrogen and oxygen atoms in total. The maximum atomic E-state index is 5.52. The van der Waals surface area contributed by atoms with Crippen LogP contribution in [0, 0.1) is 0 Å². The topological polar surface area (TPSA) is 18.5 Å². The Morgan fingerprint density at radius 1 is 0.652 bits per heavy atom. The monoisotopic (exact) mass is 300 g/mol. The molecule has 0 saturated heterocycles.